The lowest BCUT2D eigenvalue weighted by molar-refractivity contribution is 1.02. The molecule has 0 bridgehead atoms. The van der Waals surface area contributed by atoms with Gasteiger partial charge in [0.05, 0.1) is 37.2 Å². The molecule has 7 heteroatoms. The van der Waals surface area contributed by atoms with Crippen LogP contribution in [0.1, 0.15) is 0 Å². The van der Waals surface area contributed by atoms with Crippen LogP contribution in [0.2, 0.25) is 0 Å². The van der Waals surface area contributed by atoms with Gasteiger partial charge in [0, 0.05) is 53.5 Å². The number of hydrogen-bond donors (Lipinski definition) is 0. The van der Waals surface area contributed by atoms with E-state index in [-0.39, 0.29) is 0 Å². The number of nitrogens with zero attached hydrogens (tertiary/aromatic N) is 5. The summed E-state index contributed by atoms with van der Waals surface area (Å²) in [6, 6.07) is 36.1. The summed E-state index contributed by atoms with van der Waals surface area (Å²) in [4.78, 5) is 19.8. The largest absolute Gasteiger partial charge is 0.276 e. The highest BCUT2D eigenvalue weighted by Crippen LogP contribution is 2.51. The molecule has 43 heavy (non-hydrogen) atoms. The normalized spacial score (nSPS) is 12.2. The van der Waals surface area contributed by atoms with Crippen LogP contribution in [-0.4, -0.2) is 24.5 Å². The number of rotatable bonds is 2. The van der Waals surface area contributed by atoms with Gasteiger partial charge in [0.2, 0.25) is 5.95 Å². The summed E-state index contributed by atoms with van der Waals surface area (Å²) >= 11 is 3.60. The van der Waals surface area contributed by atoms with E-state index in [9.17, 15) is 0 Å². The molecule has 200 valence electrons. The Hall–Kier alpha value is -5.24. The van der Waals surface area contributed by atoms with E-state index in [1.807, 2.05) is 29.7 Å². The highest BCUT2D eigenvalue weighted by atomic mass is 32.1. The molecule has 0 aliphatic heterocycles. The van der Waals surface area contributed by atoms with Gasteiger partial charge in [-0.1, -0.05) is 84.9 Å². The Morgan fingerprint density at radius 2 is 1.33 bits per heavy atom. The molecule has 5 heterocycles. The molecule has 5 aromatic heterocycles. The van der Waals surface area contributed by atoms with Crippen molar-refractivity contribution >= 4 is 95.9 Å². The molecule has 5 aromatic carbocycles. The van der Waals surface area contributed by atoms with E-state index >= 15 is 0 Å². The number of thiophene rings is 2. The van der Waals surface area contributed by atoms with E-state index in [1.165, 1.54) is 41.0 Å². The molecule has 0 atom stereocenters. The predicted molar refractivity (Wildman–Crippen MR) is 181 cm³/mol. The number of hydrogen-bond acceptors (Lipinski definition) is 6. The van der Waals surface area contributed by atoms with Crippen molar-refractivity contribution in [1.29, 1.82) is 0 Å². The minimum atomic E-state index is 0.660. The second-order valence-electron chi connectivity index (χ2n) is 10.7. The summed E-state index contributed by atoms with van der Waals surface area (Å²) in [6.07, 6.45) is 3.59. The van der Waals surface area contributed by atoms with E-state index in [0.29, 0.717) is 5.95 Å². The van der Waals surface area contributed by atoms with E-state index < -0.39 is 0 Å². The molecule has 5 nitrogen and oxygen atoms in total. The van der Waals surface area contributed by atoms with Crippen LogP contribution in [0.25, 0.3) is 90.4 Å². The summed E-state index contributed by atoms with van der Waals surface area (Å²) in [5.41, 5.74) is 6.10. The Labute approximate surface area is 252 Å². The zero-order valence-corrected chi connectivity index (χ0v) is 24.2. The van der Waals surface area contributed by atoms with E-state index in [4.69, 9.17) is 15.0 Å². The van der Waals surface area contributed by atoms with Gasteiger partial charge in [-0.2, -0.15) is 0 Å². The first-order chi connectivity index (χ1) is 21.3. The predicted octanol–water partition coefficient (Wildman–Crippen LogP) is 9.92. The monoisotopic (exact) mass is 585 g/mol. The fraction of sp³-hybridized carbons (Fsp3) is 0. The average molecular weight is 586 g/mol. The molecule has 0 fully saturated rings. The lowest BCUT2D eigenvalue weighted by Gasteiger charge is -2.12. The minimum absolute atomic E-state index is 0.660. The van der Waals surface area contributed by atoms with Crippen LogP contribution < -0.4 is 0 Å². The summed E-state index contributed by atoms with van der Waals surface area (Å²) in [6.45, 7) is 0. The van der Waals surface area contributed by atoms with Crippen molar-refractivity contribution in [3.8, 4) is 17.2 Å². The van der Waals surface area contributed by atoms with Crippen LogP contribution in [0.15, 0.2) is 116 Å². The number of aromatic nitrogens is 5. The Balaban J connectivity index is 1.48. The van der Waals surface area contributed by atoms with E-state index in [2.05, 4.69) is 101 Å². The topological polar surface area (TPSA) is 56.5 Å². The first kappa shape index (κ1) is 23.3. The molecule has 0 radical (unpaired) electrons. The fourth-order valence-corrected chi connectivity index (χ4v) is 9.09. The molecule has 0 aliphatic rings. The van der Waals surface area contributed by atoms with Gasteiger partial charge in [-0.25, -0.2) is 19.9 Å². The molecule has 0 aliphatic carbocycles. The van der Waals surface area contributed by atoms with Gasteiger partial charge in [0.15, 0.2) is 0 Å². The lowest BCUT2D eigenvalue weighted by atomic mass is 10.0. The van der Waals surface area contributed by atoms with E-state index in [0.717, 1.165) is 43.4 Å². The summed E-state index contributed by atoms with van der Waals surface area (Å²) in [5, 5.41) is 7.16. The second kappa shape index (κ2) is 8.64. The van der Waals surface area contributed by atoms with Gasteiger partial charge in [0.25, 0.3) is 0 Å². The van der Waals surface area contributed by atoms with E-state index in [1.54, 1.807) is 17.7 Å². The summed E-state index contributed by atoms with van der Waals surface area (Å²) in [5.74, 6) is 0.660. The van der Waals surface area contributed by atoms with Crippen molar-refractivity contribution < 1.29 is 0 Å². The molecule has 0 amide bonds. The third kappa shape index (κ3) is 3.15. The number of para-hydroxylation sites is 2. The number of fused-ring (bicyclic) bond motifs is 13. The Bertz CT molecular complexity index is 2740. The molecule has 0 saturated carbocycles. The van der Waals surface area contributed by atoms with Crippen LogP contribution in [-0.2, 0) is 0 Å². The van der Waals surface area contributed by atoms with Crippen LogP contribution in [0, 0.1) is 0 Å². The third-order valence-corrected chi connectivity index (χ3v) is 10.7. The lowest BCUT2D eigenvalue weighted by Crippen LogP contribution is -2.03. The smallest absolute Gasteiger partial charge is 0.235 e. The fourth-order valence-electron chi connectivity index (χ4n) is 6.59. The molecular formula is C36H19N5S2. The van der Waals surface area contributed by atoms with Crippen molar-refractivity contribution in [2.45, 2.75) is 0 Å². The standard InChI is InChI=1S/C36H19N5S2/c1-2-10-20(11-3-1)31-21-12-4-7-15-24(21)39-36(40-31)41-25-16-8-5-13-22(25)28-29-23-14-6-9-17-26(23)42-34(29)30-32-27(18-37-19-38-32)43-35(30)33(28)41/h1-19H. The maximum atomic E-state index is 5.34. The number of benzene rings is 5. The van der Waals surface area contributed by atoms with Crippen molar-refractivity contribution in [1.82, 2.24) is 24.5 Å². The SMILES string of the molecule is c1ccc(-c2nc(-n3c4ccccc4c4c5c6ccccc6sc5c5c6ncncc6sc5c43)nc3ccccc23)cc1. The Morgan fingerprint density at radius 3 is 2.23 bits per heavy atom. The van der Waals surface area contributed by atoms with Crippen molar-refractivity contribution in [2.75, 3.05) is 0 Å². The summed E-state index contributed by atoms with van der Waals surface area (Å²) in [7, 11) is 0. The highest BCUT2D eigenvalue weighted by Gasteiger charge is 2.26. The zero-order valence-electron chi connectivity index (χ0n) is 22.5. The van der Waals surface area contributed by atoms with Crippen molar-refractivity contribution in [2.24, 2.45) is 0 Å². The van der Waals surface area contributed by atoms with Crippen molar-refractivity contribution in [3.63, 3.8) is 0 Å². The molecular weight excluding hydrogens is 567 g/mol. The van der Waals surface area contributed by atoms with Crippen LogP contribution in [0.5, 0.6) is 0 Å². The molecule has 0 saturated heterocycles. The highest BCUT2D eigenvalue weighted by molar-refractivity contribution is 7.30. The zero-order chi connectivity index (χ0) is 28.1. The Morgan fingerprint density at radius 1 is 0.581 bits per heavy atom. The van der Waals surface area contributed by atoms with Gasteiger partial charge in [-0.15, -0.1) is 22.7 Å². The third-order valence-electron chi connectivity index (χ3n) is 8.36. The quantitative estimate of drug-likeness (QED) is 0.203. The minimum Gasteiger partial charge on any atom is -0.276 e. The summed E-state index contributed by atoms with van der Waals surface area (Å²) < 4.78 is 7.06. The molecule has 10 aromatic rings. The van der Waals surface area contributed by atoms with Gasteiger partial charge < -0.3 is 0 Å². The van der Waals surface area contributed by atoms with Gasteiger partial charge >= 0.3 is 0 Å². The van der Waals surface area contributed by atoms with Crippen LogP contribution >= 0.6 is 22.7 Å². The van der Waals surface area contributed by atoms with Gasteiger partial charge in [-0.3, -0.25) is 4.57 Å². The second-order valence-corrected chi connectivity index (χ2v) is 12.8. The maximum absolute atomic E-state index is 5.34. The van der Waals surface area contributed by atoms with Crippen molar-refractivity contribution in [3.05, 3.63) is 116 Å². The first-order valence-corrected chi connectivity index (χ1v) is 15.7. The van der Waals surface area contributed by atoms with Crippen LogP contribution in [0.3, 0.4) is 0 Å². The average Bonchev–Trinajstić information content (AvgIpc) is 3.74. The van der Waals surface area contributed by atoms with Gasteiger partial charge in [-0.05, 0) is 18.2 Å². The van der Waals surface area contributed by atoms with Gasteiger partial charge in [0.1, 0.15) is 6.33 Å². The van der Waals surface area contributed by atoms with Crippen LogP contribution in [0.4, 0.5) is 0 Å². The molecule has 10 rings (SSSR count). The first-order valence-electron chi connectivity index (χ1n) is 14.1. The Kier molecular flexibility index (Phi) is 4.69. The molecule has 0 N–H and O–H groups in total. The molecule has 0 spiro atoms. The maximum Gasteiger partial charge on any atom is 0.235 e. The molecule has 0 unspecified atom stereocenters.